The summed E-state index contributed by atoms with van der Waals surface area (Å²) in [7, 11) is 0. The minimum Gasteiger partial charge on any atom is -0.278 e. The van der Waals surface area contributed by atoms with Crippen LogP contribution in [0.15, 0.2) is 18.2 Å². The zero-order valence-electron chi connectivity index (χ0n) is 8.82. The number of carbonyl (C=O) groups is 1. The Labute approximate surface area is 98.3 Å². The second-order valence-corrected chi connectivity index (χ2v) is 5.06. The van der Waals surface area contributed by atoms with E-state index in [0.29, 0.717) is 10.9 Å². The summed E-state index contributed by atoms with van der Waals surface area (Å²) in [6.45, 7) is 0. The molecule has 1 aliphatic carbocycles. The van der Waals surface area contributed by atoms with Crippen molar-refractivity contribution in [3.8, 4) is 0 Å². The van der Waals surface area contributed by atoms with E-state index in [4.69, 9.17) is 5.41 Å². The van der Waals surface area contributed by atoms with Gasteiger partial charge in [0.15, 0.2) is 5.17 Å². The van der Waals surface area contributed by atoms with Crippen molar-refractivity contribution in [2.24, 2.45) is 0 Å². The number of aryl methyl sites for hydroxylation is 1. The van der Waals surface area contributed by atoms with E-state index in [1.165, 1.54) is 22.9 Å². The minimum atomic E-state index is 0.0373. The summed E-state index contributed by atoms with van der Waals surface area (Å²) in [6, 6.07) is 6.08. The Kier molecular flexibility index (Phi) is 2.24. The van der Waals surface area contributed by atoms with Crippen molar-refractivity contribution in [2.45, 2.75) is 19.3 Å². The third kappa shape index (κ3) is 1.37. The Morgan fingerprint density at radius 3 is 2.94 bits per heavy atom. The molecule has 0 bridgehead atoms. The van der Waals surface area contributed by atoms with Crippen LogP contribution < -0.4 is 4.90 Å². The van der Waals surface area contributed by atoms with Gasteiger partial charge in [-0.25, -0.2) is 0 Å². The van der Waals surface area contributed by atoms with Crippen LogP contribution in [0, 0.1) is 5.41 Å². The van der Waals surface area contributed by atoms with Gasteiger partial charge in [-0.1, -0.05) is 23.9 Å². The van der Waals surface area contributed by atoms with Crippen LogP contribution in [-0.4, -0.2) is 16.8 Å². The Bertz CT molecular complexity index is 468. The number of thioether (sulfide) groups is 1. The third-order valence-electron chi connectivity index (χ3n) is 3.15. The van der Waals surface area contributed by atoms with Gasteiger partial charge >= 0.3 is 0 Å². The number of rotatable bonds is 1. The van der Waals surface area contributed by atoms with Gasteiger partial charge in [-0.3, -0.25) is 15.1 Å². The maximum absolute atomic E-state index is 11.7. The van der Waals surface area contributed by atoms with Crippen LogP contribution in [0.25, 0.3) is 0 Å². The van der Waals surface area contributed by atoms with E-state index < -0.39 is 0 Å². The van der Waals surface area contributed by atoms with E-state index in [1.807, 2.05) is 12.1 Å². The number of fused-ring (bicyclic) bond motifs is 1. The molecule has 1 aliphatic heterocycles. The summed E-state index contributed by atoms with van der Waals surface area (Å²) in [5.74, 6) is 0.443. The van der Waals surface area contributed by atoms with Crippen molar-refractivity contribution in [1.82, 2.24) is 0 Å². The molecule has 1 aromatic rings. The van der Waals surface area contributed by atoms with Gasteiger partial charge in [-0.15, -0.1) is 0 Å². The monoisotopic (exact) mass is 232 g/mol. The van der Waals surface area contributed by atoms with Crippen molar-refractivity contribution in [1.29, 1.82) is 5.41 Å². The first kappa shape index (κ1) is 9.90. The predicted molar refractivity (Wildman–Crippen MR) is 66.1 cm³/mol. The van der Waals surface area contributed by atoms with Gasteiger partial charge in [0, 0.05) is 0 Å². The van der Waals surface area contributed by atoms with Gasteiger partial charge in [-0.2, -0.15) is 0 Å². The maximum atomic E-state index is 11.7. The first-order chi connectivity index (χ1) is 7.77. The van der Waals surface area contributed by atoms with Crippen LogP contribution in [0.1, 0.15) is 17.5 Å². The molecule has 0 aromatic heterocycles. The van der Waals surface area contributed by atoms with Gasteiger partial charge in [0.2, 0.25) is 5.91 Å². The van der Waals surface area contributed by atoms with Crippen molar-refractivity contribution >= 4 is 28.5 Å². The summed E-state index contributed by atoms with van der Waals surface area (Å²) < 4.78 is 0. The quantitative estimate of drug-likeness (QED) is 0.806. The molecule has 0 radical (unpaired) electrons. The lowest BCUT2D eigenvalue weighted by Crippen LogP contribution is -2.29. The van der Waals surface area contributed by atoms with Gasteiger partial charge in [0.1, 0.15) is 0 Å². The summed E-state index contributed by atoms with van der Waals surface area (Å²) in [4.78, 5) is 13.3. The van der Waals surface area contributed by atoms with E-state index in [1.54, 1.807) is 4.90 Å². The number of benzene rings is 1. The Morgan fingerprint density at radius 1 is 1.31 bits per heavy atom. The van der Waals surface area contributed by atoms with Crippen molar-refractivity contribution in [3.63, 3.8) is 0 Å². The topological polar surface area (TPSA) is 44.2 Å². The number of anilines is 1. The van der Waals surface area contributed by atoms with Gasteiger partial charge in [-0.05, 0) is 36.5 Å². The summed E-state index contributed by atoms with van der Waals surface area (Å²) in [5, 5.41) is 8.17. The number of hydrogen-bond donors (Lipinski definition) is 1. The maximum Gasteiger partial charge on any atom is 0.243 e. The fourth-order valence-electron chi connectivity index (χ4n) is 2.43. The molecule has 1 aromatic carbocycles. The van der Waals surface area contributed by atoms with E-state index >= 15 is 0 Å². The second kappa shape index (κ2) is 3.63. The highest BCUT2D eigenvalue weighted by Crippen LogP contribution is 2.34. The molecule has 16 heavy (non-hydrogen) atoms. The van der Waals surface area contributed by atoms with Crippen LogP contribution in [0.4, 0.5) is 5.69 Å². The molecule has 0 saturated carbocycles. The summed E-state index contributed by atoms with van der Waals surface area (Å²) in [6.07, 6.45) is 3.30. The number of nitrogens with zero attached hydrogens (tertiary/aromatic N) is 1. The third-order valence-corrected chi connectivity index (χ3v) is 3.99. The van der Waals surface area contributed by atoms with Crippen molar-refractivity contribution < 1.29 is 4.79 Å². The van der Waals surface area contributed by atoms with Crippen LogP contribution in [-0.2, 0) is 17.6 Å². The molecule has 3 nitrogen and oxygen atoms in total. The molecule has 4 heteroatoms. The first-order valence-corrected chi connectivity index (χ1v) is 6.41. The van der Waals surface area contributed by atoms with E-state index in [2.05, 4.69) is 6.07 Å². The Hall–Kier alpha value is -1.29. The second-order valence-electron chi connectivity index (χ2n) is 4.09. The van der Waals surface area contributed by atoms with Crippen molar-refractivity contribution in [3.05, 3.63) is 29.3 Å². The predicted octanol–water partition coefficient (Wildman–Crippen LogP) is 2.19. The fraction of sp³-hybridized carbons (Fsp3) is 0.333. The largest absolute Gasteiger partial charge is 0.278 e. The van der Waals surface area contributed by atoms with Gasteiger partial charge in [0.25, 0.3) is 0 Å². The molecular weight excluding hydrogens is 220 g/mol. The van der Waals surface area contributed by atoms with Crippen LogP contribution >= 0.6 is 11.8 Å². The molecule has 1 fully saturated rings. The highest BCUT2D eigenvalue weighted by Gasteiger charge is 2.31. The number of hydrogen-bond acceptors (Lipinski definition) is 3. The average Bonchev–Trinajstić information content (AvgIpc) is 2.86. The average molecular weight is 232 g/mol. The molecule has 1 amide bonds. The van der Waals surface area contributed by atoms with E-state index in [9.17, 15) is 4.79 Å². The zero-order chi connectivity index (χ0) is 11.1. The van der Waals surface area contributed by atoms with Gasteiger partial charge < -0.3 is 0 Å². The van der Waals surface area contributed by atoms with Gasteiger partial charge in [0.05, 0.1) is 11.4 Å². The lowest BCUT2D eigenvalue weighted by atomic mass is 10.1. The Morgan fingerprint density at radius 2 is 2.19 bits per heavy atom. The van der Waals surface area contributed by atoms with E-state index in [-0.39, 0.29) is 5.91 Å². The minimum absolute atomic E-state index is 0.0373. The molecule has 3 rings (SSSR count). The summed E-state index contributed by atoms with van der Waals surface area (Å²) in [5.41, 5.74) is 3.55. The molecule has 82 valence electrons. The normalized spacial score (nSPS) is 19.4. The molecule has 0 atom stereocenters. The summed E-state index contributed by atoms with van der Waals surface area (Å²) >= 11 is 1.31. The SMILES string of the molecule is N=C1SCC(=O)N1c1cccc2c1CCC2. The van der Waals surface area contributed by atoms with Crippen LogP contribution in [0.2, 0.25) is 0 Å². The molecule has 1 saturated heterocycles. The highest BCUT2D eigenvalue weighted by molar-refractivity contribution is 8.15. The molecule has 0 spiro atoms. The highest BCUT2D eigenvalue weighted by atomic mass is 32.2. The Balaban J connectivity index is 2.10. The number of nitrogens with one attached hydrogen (secondary N) is 1. The number of amidine groups is 1. The van der Waals surface area contributed by atoms with Crippen LogP contribution in [0.3, 0.4) is 0 Å². The molecule has 1 heterocycles. The molecule has 1 N–H and O–H groups in total. The molecule has 2 aliphatic rings. The lowest BCUT2D eigenvalue weighted by Gasteiger charge is -2.18. The van der Waals surface area contributed by atoms with Crippen LogP contribution in [0.5, 0.6) is 0 Å². The number of carbonyl (C=O) groups excluding carboxylic acids is 1. The standard InChI is InChI=1S/C12H12N2OS/c13-12-14(11(15)7-16-12)10-6-2-4-8-3-1-5-9(8)10/h2,4,6,13H,1,3,5,7H2. The van der Waals surface area contributed by atoms with Crippen molar-refractivity contribution in [2.75, 3.05) is 10.7 Å². The number of amides is 1. The smallest absolute Gasteiger partial charge is 0.243 e. The van der Waals surface area contributed by atoms with E-state index in [0.717, 1.165) is 24.9 Å². The molecular formula is C12H12N2OS. The first-order valence-electron chi connectivity index (χ1n) is 5.42. The lowest BCUT2D eigenvalue weighted by molar-refractivity contribution is -0.115. The molecule has 0 unspecified atom stereocenters. The fourth-order valence-corrected chi connectivity index (χ4v) is 3.14. The zero-order valence-corrected chi connectivity index (χ0v) is 9.64.